The number of rotatable bonds is 16. The molecule has 0 aromatic carbocycles. The molecule has 14 heteroatoms. The first-order valence-corrected chi connectivity index (χ1v) is 10.9. The third-order valence-corrected chi connectivity index (χ3v) is 4.73. The van der Waals surface area contributed by atoms with Gasteiger partial charge in [0.2, 0.25) is 17.7 Å². The van der Waals surface area contributed by atoms with Crippen LogP contribution in [0.2, 0.25) is 0 Å². The third-order valence-electron chi connectivity index (χ3n) is 4.37. The van der Waals surface area contributed by atoms with Crippen molar-refractivity contribution in [1.29, 1.82) is 0 Å². The van der Waals surface area contributed by atoms with Gasteiger partial charge in [-0.15, -0.1) is 0 Å². The van der Waals surface area contributed by atoms with Gasteiger partial charge in [0, 0.05) is 12.3 Å². The van der Waals surface area contributed by atoms with Gasteiger partial charge in [0.15, 0.2) is 5.96 Å². The quantitative estimate of drug-likeness (QED) is 0.0476. The van der Waals surface area contributed by atoms with Crippen LogP contribution < -0.4 is 38.9 Å². The molecule has 0 aliphatic carbocycles. The van der Waals surface area contributed by atoms with E-state index < -0.39 is 47.9 Å². The molecule has 0 saturated carbocycles. The van der Waals surface area contributed by atoms with Crippen LogP contribution in [0.5, 0.6) is 0 Å². The number of carboxylic acid groups (broad SMARTS) is 1. The van der Waals surface area contributed by atoms with Gasteiger partial charge < -0.3 is 44.0 Å². The number of carbonyl (C=O) groups excluding carboxylic acids is 3. The predicted molar refractivity (Wildman–Crippen MR) is 124 cm³/mol. The molecule has 3 amide bonds. The normalized spacial score (nSPS) is 14.4. The van der Waals surface area contributed by atoms with E-state index in [4.69, 9.17) is 22.9 Å². The van der Waals surface area contributed by atoms with E-state index in [0.717, 1.165) is 0 Å². The second kappa shape index (κ2) is 16.1. The topological polar surface area (TPSA) is 241 Å². The van der Waals surface area contributed by atoms with Gasteiger partial charge in [-0.2, -0.15) is 12.6 Å². The fourth-order valence-electron chi connectivity index (χ4n) is 2.56. The molecule has 0 aliphatic rings. The highest BCUT2D eigenvalue weighted by atomic mass is 32.1. The highest BCUT2D eigenvalue weighted by Crippen LogP contribution is 2.05. The largest absolute Gasteiger partial charge is 0.480 e. The Kier molecular flexibility index (Phi) is 14.8. The Bertz CT molecular complexity index is 657. The van der Waals surface area contributed by atoms with Crippen LogP contribution >= 0.6 is 12.6 Å². The number of nitrogens with zero attached hydrogens (tertiary/aromatic N) is 1. The number of carboxylic acids is 1. The average molecular weight is 477 g/mol. The second-order valence-corrected chi connectivity index (χ2v) is 7.59. The van der Waals surface area contributed by atoms with E-state index in [9.17, 15) is 24.3 Å². The Morgan fingerprint density at radius 2 is 1.44 bits per heavy atom. The van der Waals surface area contributed by atoms with Crippen LogP contribution in [-0.4, -0.2) is 77.8 Å². The minimum atomic E-state index is -1.23. The lowest BCUT2D eigenvalue weighted by atomic mass is 10.1. The Morgan fingerprint density at radius 1 is 0.906 bits per heavy atom. The molecule has 0 aromatic heterocycles. The van der Waals surface area contributed by atoms with Crippen LogP contribution in [0.15, 0.2) is 4.99 Å². The van der Waals surface area contributed by atoms with Crippen LogP contribution in [-0.2, 0) is 19.2 Å². The van der Waals surface area contributed by atoms with Crippen molar-refractivity contribution < 1.29 is 24.3 Å². The van der Waals surface area contributed by atoms with Gasteiger partial charge in [0.1, 0.15) is 18.1 Å². The van der Waals surface area contributed by atoms with Crippen molar-refractivity contribution in [3.63, 3.8) is 0 Å². The zero-order valence-electron chi connectivity index (χ0n) is 18.3. The van der Waals surface area contributed by atoms with Crippen LogP contribution in [0, 0.1) is 0 Å². The molecular formula is C18H36N8O5S. The number of carbonyl (C=O) groups is 4. The molecule has 4 atom stereocenters. The van der Waals surface area contributed by atoms with E-state index in [1.807, 2.05) is 0 Å². The zero-order chi connectivity index (χ0) is 24.7. The lowest BCUT2D eigenvalue weighted by molar-refractivity contribution is -0.142. The maximum absolute atomic E-state index is 12.8. The number of hydrogen-bond acceptors (Lipinski definition) is 8. The Hall–Kier alpha value is -2.58. The smallest absolute Gasteiger partial charge is 0.326 e. The van der Waals surface area contributed by atoms with E-state index >= 15 is 0 Å². The summed E-state index contributed by atoms with van der Waals surface area (Å²) in [6.45, 7) is 2.07. The molecule has 13 nitrogen and oxygen atoms in total. The number of thiol groups is 1. The minimum absolute atomic E-state index is 0.0238. The van der Waals surface area contributed by atoms with Gasteiger partial charge in [-0.25, -0.2) is 4.79 Å². The van der Waals surface area contributed by atoms with Crippen molar-refractivity contribution in [2.75, 3.05) is 18.8 Å². The van der Waals surface area contributed by atoms with E-state index in [1.165, 1.54) is 6.92 Å². The second-order valence-electron chi connectivity index (χ2n) is 7.23. The van der Waals surface area contributed by atoms with Crippen LogP contribution in [0.4, 0.5) is 0 Å². The minimum Gasteiger partial charge on any atom is -0.480 e. The summed E-state index contributed by atoms with van der Waals surface area (Å²) in [7, 11) is 0. The molecule has 0 fully saturated rings. The highest BCUT2D eigenvalue weighted by Gasteiger charge is 2.29. The molecule has 12 N–H and O–H groups in total. The van der Waals surface area contributed by atoms with Crippen molar-refractivity contribution in [1.82, 2.24) is 16.0 Å². The van der Waals surface area contributed by atoms with Crippen LogP contribution in [0.3, 0.4) is 0 Å². The van der Waals surface area contributed by atoms with Gasteiger partial charge in [-0.05, 0) is 45.6 Å². The summed E-state index contributed by atoms with van der Waals surface area (Å²) in [4.78, 5) is 52.5. The Balaban J connectivity index is 5.20. The monoisotopic (exact) mass is 476 g/mol. The summed E-state index contributed by atoms with van der Waals surface area (Å²) in [6, 6.07) is -4.06. The Labute approximate surface area is 192 Å². The van der Waals surface area contributed by atoms with E-state index in [-0.39, 0.29) is 31.1 Å². The van der Waals surface area contributed by atoms with Crippen LogP contribution in [0.25, 0.3) is 0 Å². The zero-order valence-corrected chi connectivity index (χ0v) is 19.1. The third kappa shape index (κ3) is 12.3. The van der Waals surface area contributed by atoms with E-state index in [1.54, 1.807) is 0 Å². The molecule has 184 valence electrons. The number of nitrogens with one attached hydrogen (secondary N) is 3. The number of nitrogens with two attached hydrogens (primary N) is 4. The SMILES string of the molecule is CC(N)C(=O)NC(CS)C(=O)NC(CCCCN)C(=O)NC(CCCN=C(N)N)C(=O)O. The van der Waals surface area contributed by atoms with Gasteiger partial charge >= 0.3 is 5.97 Å². The highest BCUT2D eigenvalue weighted by molar-refractivity contribution is 7.80. The van der Waals surface area contributed by atoms with Crippen molar-refractivity contribution in [3.05, 3.63) is 0 Å². The molecule has 0 spiro atoms. The molecule has 32 heavy (non-hydrogen) atoms. The van der Waals surface area contributed by atoms with E-state index in [0.29, 0.717) is 25.8 Å². The molecule has 4 unspecified atom stereocenters. The first kappa shape index (κ1) is 29.4. The maximum Gasteiger partial charge on any atom is 0.326 e. The van der Waals surface area contributed by atoms with Crippen molar-refractivity contribution in [2.45, 2.75) is 63.2 Å². The van der Waals surface area contributed by atoms with Gasteiger partial charge in [0.05, 0.1) is 6.04 Å². The first-order valence-electron chi connectivity index (χ1n) is 10.3. The number of aliphatic carboxylic acids is 1. The van der Waals surface area contributed by atoms with Gasteiger partial charge in [-0.3, -0.25) is 19.4 Å². The Morgan fingerprint density at radius 3 is 1.94 bits per heavy atom. The molecular weight excluding hydrogens is 440 g/mol. The van der Waals surface area contributed by atoms with Crippen molar-refractivity contribution >= 4 is 42.3 Å². The molecule has 0 aliphatic heterocycles. The van der Waals surface area contributed by atoms with Crippen molar-refractivity contribution in [2.24, 2.45) is 27.9 Å². The summed E-state index contributed by atoms with van der Waals surface area (Å²) < 4.78 is 0. The van der Waals surface area contributed by atoms with Crippen LogP contribution in [0.1, 0.15) is 39.0 Å². The summed E-state index contributed by atoms with van der Waals surface area (Å²) in [5.74, 6) is -3.21. The summed E-state index contributed by atoms with van der Waals surface area (Å²) in [5.41, 5.74) is 21.4. The predicted octanol–water partition coefficient (Wildman–Crippen LogP) is -3.01. The number of amides is 3. The maximum atomic E-state index is 12.8. The van der Waals surface area contributed by atoms with Crippen molar-refractivity contribution in [3.8, 4) is 0 Å². The fourth-order valence-corrected chi connectivity index (χ4v) is 2.82. The standard InChI is InChI=1S/C18H36N8O5S/c1-10(20)14(27)26-13(9-32)16(29)24-11(5-2-3-7-19)15(28)25-12(17(30)31)6-4-8-23-18(21)22/h10-13,32H,2-9,19-20H2,1H3,(H,24,29)(H,25,28)(H,26,27)(H,30,31)(H4,21,22,23). The number of unbranched alkanes of at least 4 members (excludes halogenated alkanes) is 1. The molecule has 0 saturated heterocycles. The molecule has 0 aromatic rings. The van der Waals surface area contributed by atoms with Gasteiger partial charge in [-0.1, -0.05) is 0 Å². The summed E-state index contributed by atoms with van der Waals surface area (Å²) in [6.07, 6.45) is 1.78. The van der Waals surface area contributed by atoms with E-state index in [2.05, 4.69) is 33.6 Å². The van der Waals surface area contributed by atoms with Gasteiger partial charge in [0.25, 0.3) is 0 Å². The number of hydrogen-bond donors (Lipinski definition) is 9. The molecule has 0 rings (SSSR count). The lowest BCUT2D eigenvalue weighted by Crippen LogP contribution is -2.57. The lowest BCUT2D eigenvalue weighted by Gasteiger charge is -2.24. The number of aliphatic imine (C=N–C) groups is 1. The average Bonchev–Trinajstić information content (AvgIpc) is 2.72. The molecule has 0 bridgehead atoms. The molecule has 0 heterocycles. The molecule has 0 radical (unpaired) electrons. The summed E-state index contributed by atoms with van der Waals surface area (Å²) >= 11 is 4.06. The number of guanidine groups is 1. The fraction of sp³-hybridized carbons (Fsp3) is 0.722. The first-order chi connectivity index (χ1) is 15.0. The summed E-state index contributed by atoms with van der Waals surface area (Å²) in [5, 5.41) is 16.8.